The Morgan fingerprint density at radius 3 is 2.82 bits per heavy atom. The fourth-order valence-corrected chi connectivity index (χ4v) is 2.44. The molecule has 0 N–H and O–H groups in total. The molecule has 1 aromatic rings. The summed E-state index contributed by atoms with van der Waals surface area (Å²) < 4.78 is 5.43. The molecule has 1 aliphatic heterocycles. The Bertz CT molecular complexity index is 394. The van der Waals surface area contributed by atoms with Crippen LogP contribution < -0.4 is 4.74 Å². The van der Waals surface area contributed by atoms with E-state index in [-0.39, 0.29) is 0 Å². The summed E-state index contributed by atoms with van der Waals surface area (Å²) in [4.78, 5) is 2.25. The second-order valence-corrected chi connectivity index (χ2v) is 4.29. The molecular formula is C14H18N2O. The van der Waals surface area contributed by atoms with Crippen molar-refractivity contribution in [2.75, 3.05) is 19.7 Å². The Morgan fingerprint density at radius 2 is 2.18 bits per heavy atom. The van der Waals surface area contributed by atoms with Crippen LogP contribution in [0, 0.1) is 11.3 Å². The molecule has 3 nitrogen and oxygen atoms in total. The first-order valence-corrected chi connectivity index (χ1v) is 6.19. The maximum atomic E-state index is 8.79. The van der Waals surface area contributed by atoms with Crippen LogP contribution in [0.3, 0.4) is 0 Å². The van der Waals surface area contributed by atoms with Gasteiger partial charge in [0.05, 0.1) is 19.2 Å². The summed E-state index contributed by atoms with van der Waals surface area (Å²) in [6, 6.07) is 10.9. The zero-order valence-corrected chi connectivity index (χ0v) is 10.2. The van der Waals surface area contributed by atoms with Crippen LogP contribution in [-0.4, -0.2) is 24.6 Å². The van der Waals surface area contributed by atoms with Gasteiger partial charge in [-0.3, -0.25) is 4.90 Å². The predicted molar refractivity (Wildman–Crippen MR) is 66.8 cm³/mol. The molecule has 2 rings (SSSR count). The van der Waals surface area contributed by atoms with Gasteiger partial charge in [-0.05, 0) is 44.0 Å². The Balaban J connectivity index is 2.08. The van der Waals surface area contributed by atoms with Gasteiger partial charge >= 0.3 is 0 Å². The van der Waals surface area contributed by atoms with Gasteiger partial charge < -0.3 is 4.74 Å². The molecule has 0 radical (unpaired) electrons. The third-order valence-electron chi connectivity index (χ3n) is 3.21. The van der Waals surface area contributed by atoms with Gasteiger partial charge in [0.15, 0.2) is 0 Å². The lowest BCUT2D eigenvalue weighted by molar-refractivity contribution is 0.288. The van der Waals surface area contributed by atoms with Crippen LogP contribution in [0.5, 0.6) is 5.75 Å². The highest BCUT2D eigenvalue weighted by molar-refractivity contribution is 5.29. The summed E-state index contributed by atoms with van der Waals surface area (Å²) in [5, 5.41) is 8.79. The third kappa shape index (κ3) is 2.78. The van der Waals surface area contributed by atoms with Gasteiger partial charge in [0.2, 0.25) is 0 Å². The van der Waals surface area contributed by atoms with Crippen molar-refractivity contribution in [2.24, 2.45) is 0 Å². The quantitative estimate of drug-likeness (QED) is 0.746. The maximum absolute atomic E-state index is 8.79. The van der Waals surface area contributed by atoms with E-state index >= 15 is 0 Å². The SMILES string of the molecule is CCOc1ccc(C2CCCN2CC#N)cc1. The van der Waals surface area contributed by atoms with E-state index in [1.807, 2.05) is 19.1 Å². The van der Waals surface area contributed by atoms with E-state index < -0.39 is 0 Å². The lowest BCUT2D eigenvalue weighted by atomic mass is 10.0. The number of likely N-dealkylation sites (tertiary alicyclic amines) is 1. The molecule has 0 aromatic heterocycles. The van der Waals surface area contributed by atoms with E-state index in [9.17, 15) is 0 Å². The van der Waals surface area contributed by atoms with Crippen molar-refractivity contribution in [3.63, 3.8) is 0 Å². The lowest BCUT2D eigenvalue weighted by Crippen LogP contribution is -2.23. The van der Waals surface area contributed by atoms with Gasteiger partial charge in [0, 0.05) is 6.04 Å². The van der Waals surface area contributed by atoms with Crippen molar-refractivity contribution in [3.05, 3.63) is 29.8 Å². The first kappa shape index (κ1) is 11.9. The molecule has 1 heterocycles. The maximum Gasteiger partial charge on any atom is 0.119 e. The van der Waals surface area contributed by atoms with Crippen LogP contribution in [0.2, 0.25) is 0 Å². The van der Waals surface area contributed by atoms with Crippen molar-refractivity contribution in [1.82, 2.24) is 4.90 Å². The van der Waals surface area contributed by atoms with Crippen LogP contribution in [0.25, 0.3) is 0 Å². The van der Waals surface area contributed by atoms with Crippen molar-refractivity contribution >= 4 is 0 Å². The topological polar surface area (TPSA) is 36.3 Å². The molecule has 0 aliphatic carbocycles. The van der Waals surface area contributed by atoms with Gasteiger partial charge in [-0.1, -0.05) is 12.1 Å². The number of nitriles is 1. The van der Waals surface area contributed by atoms with Crippen molar-refractivity contribution in [2.45, 2.75) is 25.8 Å². The summed E-state index contributed by atoms with van der Waals surface area (Å²) in [6.45, 7) is 4.24. The molecule has 17 heavy (non-hydrogen) atoms. The number of rotatable bonds is 4. The Morgan fingerprint density at radius 1 is 1.41 bits per heavy atom. The Kier molecular flexibility index (Phi) is 4.00. The predicted octanol–water partition coefficient (Wildman–Crippen LogP) is 2.75. The molecule has 90 valence electrons. The second-order valence-electron chi connectivity index (χ2n) is 4.29. The number of hydrogen-bond acceptors (Lipinski definition) is 3. The second kappa shape index (κ2) is 5.70. The van der Waals surface area contributed by atoms with E-state index in [4.69, 9.17) is 10.00 Å². The van der Waals surface area contributed by atoms with Crippen molar-refractivity contribution < 1.29 is 4.74 Å². The van der Waals surface area contributed by atoms with E-state index in [0.29, 0.717) is 19.2 Å². The monoisotopic (exact) mass is 230 g/mol. The van der Waals surface area contributed by atoms with E-state index in [1.54, 1.807) is 0 Å². The average molecular weight is 230 g/mol. The number of ether oxygens (including phenoxy) is 1. The van der Waals surface area contributed by atoms with Crippen molar-refractivity contribution in [3.8, 4) is 11.8 Å². The zero-order valence-electron chi connectivity index (χ0n) is 10.2. The summed E-state index contributed by atoms with van der Waals surface area (Å²) in [6.07, 6.45) is 2.33. The molecule has 0 saturated carbocycles. The molecule has 1 aliphatic rings. The summed E-state index contributed by atoms with van der Waals surface area (Å²) in [7, 11) is 0. The molecule has 0 spiro atoms. The van der Waals surface area contributed by atoms with Gasteiger partial charge in [-0.25, -0.2) is 0 Å². The van der Waals surface area contributed by atoms with Gasteiger partial charge in [0.1, 0.15) is 5.75 Å². The molecule has 1 fully saturated rings. The molecule has 1 aromatic carbocycles. The average Bonchev–Trinajstić information content (AvgIpc) is 2.79. The number of benzene rings is 1. The molecule has 1 unspecified atom stereocenters. The van der Waals surface area contributed by atoms with Crippen LogP contribution in [-0.2, 0) is 0 Å². The standard InChI is InChI=1S/C14H18N2O/c1-2-17-13-7-5-12(6-8-13)14-4-3-10-16(14)11-9-15/h5-8,14H,2-4,10-11H2,1H3. The Labute approximate surface area is 103 Å². The Hall–Kier alpha value is -1.53. The van der Waals surface area contributed by atoms with E-state index in [0.717, 1.165) is 18.7 Å². The molecular weight excluding hydrogens is 212 g/mol. The minimum absolute atomic E-state index is 0.408. The largest absolute Gasteiger partial charge is 0.494 e. The highest BCUT2D eigenvalue weighted by Gasteiger charge is 2.25. The minimum atomic E-state index is 0.408. The highest BCUT2D eigenvalue weighted by atomic mass is 16.5. The molecule has 0 amide bonds. The van der Waals surface area contributed by atoms with Crippen LogP contribution >= 0.6 is 0 Å². The smallest absolute Gasteiger partial charge is 0.119 e. The summed E-state index contributed by atoms with van der Waals surface area (Å²) in [5.41, 5.74) is 1.29. The van der Waals surface area contributed by atoms with Gasteiger partial charge in [0.25, 0.3) is 0 Å². The molecule has 1 atom stereocenters. The van der Waals surface area contributed by atoms with Crippen LogP contribution in [0.15, 0.2) is 24.3 Å². The highest BCUT2D eigenvalue weighted by Crippen LogP contribution is 2.32. The van der Waals surface area contributed by atoms with Gasteiger partial charge in [-0.15, -0.1) is 0 Å². The summed E-state index contributed by atoms with van der Waals surface area (Å²) >= 11 is 0. The lowest BCUT2D eigenvalue weighted by Gasteiger charge is -2.22. The number of hydrogen-bond donors (Lipinski definition) is 0. The van der Waals surface area contributed by atoms with E-state index in [2.05, 4.69) is 23.1 Å². The number of nitrogens with zero attached hydrogens (tertiary/aromatic N) is 2. The fourth-order valence-electron chi connectivity index (χ4n) is 2.44. The molecule has 1 saturated heterocycles. The van der Waals surface area contributed by atoms with E-state index in [1.165, 1.54) is 12.0 Å². The third-order valence-corrected chi connectivity index (χ3v) is 3.21. The zero-order chi connectivity index (χ0) is 12.1. The normalized spacial score (nSPS) is 20.1. The van der Waals surface area contributed by atoms with Crippen LogP contribution in [0.4, 0.5) is 0 Å². The first-order chi connectivity index (χ1) is 8.35. The minimum Gasteiger partial charge on any atom is -0.494 e. The summed E-state index contributed by atoms with van der Waals surface area (Å²) in [5.74, 6) is 0.918. The van der Waals surface area contributed by atoms with Crippen molar-refractivity contribution in [1.29, 1.82) is 5.26 Å². The first-order valence-electron chi connectivity index (χ1n) is 6.19. The van der Waals surface area contributed by atoms with Gasteiger partial charge in [-0.2, -0.15) is 5.26 Å². The molecule has 0 bridgehead atoms. The molecule has 3 heteroatoms. The van der Waals surface area contributed by atoms with Crippen LogP contribution in [0.1, 0.15) is 31.4 Å². The fraction of sp³-hybridized carbons (Fsp3) is 0.500.